The van der Waals surface area contributed by atoms with Crippen LogP contribution in [0.15, 0.2) is 114 Å². The Labute approximate surface area is 221 Å². The number of para-hydroxylation sites is 2. The Morgan fingerprint density at radius 3 is 2.00 bits per heavy atom. The van der Waals surface area contributed by atoms with Gasteiger partial charge in [0.2, 0.25) is 10.0 Å². The average molecular weight is 531 g/mol. The summed E-state index contributed by atoms with van der Waals surface area (Å²) in [6, 6.07) is 31.1. The van der Waals surface area contributed by atoms with E-state index in [0.717, 1.165) is 5.56 Å². The molecule has 0 saturated heterocycles. The van der Waals surface area contributed by atoms with Crippen molar-refractivity contribution in [3.05, 3.63) is 120 Å². The number of hydrogen-bond acceptors (Lipinski definition) is 6. The van der Waals surface area contributed by atoms with Crippen molar-refractivity contribution in [1.29, 1.82) is 0 Å². The second-order valence-electron chi connectivity index (χ2n) is 8.20. The zero-order valence-corrected chi connectivity index (χ0v) is 21.2. The van der Waals surface area contributed by atoms with Crippen molar-refractivity contribution in [1.82, 2.24) is 10.0 Å². The molecule has 0 aliphatic carbocycles. The molecule has 38 heavy (non-hydrogen) atoms. The van der Waals surface area contributed by atoms with Gasteiger partial charge in [-0.3, -0.25) is 9.59 Å². The van der Waals surface area contributed by atoms with Gasteiger partial charge >= 0.3 is 0 Å². The van der Waals surface area contributed by atoms with E-state index in [1.807, 2.05) is 48.5 Å². The first kappa shape index (κ1) is 26.6. The Morgan fingerprint density at radius 2 is 1.29 bits per heavy atom. The maximum atomic E-state index is 12.7. The molecule has 1 amide bonds. The highest BCUT2D eigenvalue weighted by Crippen LogP contribution is 2.22. The lowest BCUT2D eigenvalue weighted by molar-refractivity contribution is -0.117. The predicted octanol–water partition coefficient (Wildman–Crippen LogP) is 4.34. The van der Waals surface area contributed by atoms with Crippen molar-refractivity contribution in [3.63, 3.8) is 0 Å². The minimum atomic E-state index is -3.94. The molecular weight excluding hydrogens is 504 g/mol. The van der Waals surface area contributed by atoms with Gasteiger partial charge in [0, 0.05) is 0 Å². The molecule has 0 spiro atoms. The van der Waals surface area contributed by atoms with Crippen LogP contribution >= 0.6 is 0 Å². The van der Waals surface area contributed by atoms with E-state index in [0.29, 0.717) is 17.2 Å². The van der Waals surface area contributed by atoms with Crippen LogP contribution < -0.4 is 19.5 Å². The smallest absolute Gasteiger partial charge is 0.255 e. The van der Waals surface area contributed by atoms with Crippen molar-refractivity contribution in [2.45, 2.75) is 11.5 Å². The topological polar surface area (TPSA) is 111 Å². The van der Waals surface area contributed by atoms with Gasteiger partial charge in [-0.2, -0.15) is 0 Å². The lowest BCUT2D eigenvalue weighted by atomic mass is 10.2. The van der Waals surface area contributed by atoms with E-state index in [1.165, 1.54) is 24.3 Å². The monoisotopic (exact) mass is 530 g/mol. The largest absolute Gasteiger partial charge is 0.488 e. The minimum Gasteiger partial charge on any atom is -0.488 e. The molecule has 0 atom stereocenters. The molecule has 194 valence electrons. The van der Waals surface area contributed by atoms with Gasteiger partial charge in [-0.15, -0.1) is 0 Å². The summed E-state index contributed by atoms with van der Waals surface area (Å²) in [5.41, 5.74) is 1.22. The molecule has 0 aromatic heterocycles. The van der Waals surface area contributed by atoms with Crippen LogP contribution in [-0.2, 0) is 21.4 Å². The lowest BCUT2D eigenvalue weighted by Crippen LogP contribution is -2.37. The molecule has 4 rings (SSSR count). The summed E-state index contributed by atoms with van der Waals surface area (Å²) in [4.78, 5) is 25.0. The summed E-state index contributed by atoms with van der Waals surface area (Å²) < 4.78 is 38.9. The quantitative estimate of drug-likeness (QED) is 0.282. The molecule has 8 nitrogen and oxygen atoms in total. The van der Waals surface area contributed by atoms with Crippen LogP contribution in [-0.4, -0.2) is 33.2 Å². The molecule has 0 unspecified atom stereocenters. The minimum absolute atomic E-state index is 0.0146. The normalized spacial score (nSPS) is 10.9. The number of sulfonamides is 1. The second kappa shape index (κ2) is 12.7. The van der Waals surface area contributed by atoms with Crippen molar-refractivity contribution in [2.24, 2.45) is 0 Å². The highest BCUT2D eigenvalue weighted by molar-refractivity contribution is 7.89. The molecule has 0 fully saturated rings. The molecule has 4 aromatic carbocycles. The fourth-order valence-corrected chi connectivity index (χ4v) is 4.43. The number of ketones is 1. The third-order valence-electron chi connectivity index (χ3n) is 5.39. The van der Waals surface area contributed by atoms with E-state index in [9.17, 15) is 18.0 Å². The van der Waals surface area contributed by atoms with E-state index in [4.69, 9.17) is 9.47 Å². The standard InChI is InChI=1S/C29H26N2O6S/c32-23(19-30-29(33)27-13-7-8-14-28(27)36-21-22-9-3-1-4-10-22)20-31-38(34,35)26-17-15-25(16-18-26)37-24-11-5-2-6-12-24/h1-18,31H,19-21H2,(H,30,33). The van der Waals surface area contributed by atoms with E-state index in [-0.39, 0.29) is 23.6 Å². The van der Waals surface area contributed by atoms with Gasteiger partial charge in [-0.25, -0.2) is 13.1 Å². The number of ether oxygens (including phenoxy) is 2. The maximum Gasteiger partial charge on any atom is 0.255 e. The maximum absolute atomic E-state index is 12.7. The van der Waals surface area contributed by atoms with Crippen LogP contribution in [0.1, 0.15) is 15.9 Å². The van der Waals surface area contributed by atoms with Gasteiger partial charge in [0.05, 0.1) is 23.5 Å². The van der Waals surface area contributed by atoms with Crippen LogP contribution in [0.2, 0.25) is 0 Å². The van der Waals surface area contributed by atoms with Crippen molar-refractivity contribution in [3.8, 4) is 17.2 Å². The molecule has 0 heterocycles. The Bertz CT molecular complexity index is 1470. The van der Waals surface area contributed by atoms with E-state index in [1.54, 1.807) is 36.4 Å². The fourth-order valence-electron chi connectivity index (χ4n) is 3.42. The van der Waals surface area contributed by atoms with Gasteiger partial charge in [0.25, 0.3) is 5.91 Å². The Kier molecular flexibility index (Phi) is 8.86. The molecule has 0 bridgehead atoms. The highest BCUT2D eigenvalue weighted by Gasteiger charge is 2.17. The number of carbonyl (C=O) groups excluding carboxylic acids is 2. The predicted molar refractivity (Wildman–Crippen MR) is 143 cm³/mol. The molecule has 0 radical (unpaired) electrons. The van der Waals surface area contributed by atoms with Crippen LogP contribution in [0.25, 0.3) is 0 Å². The van der Waals surface area contributed by atoms with Crippen LogP contribution in [0.3, 0.4) is 0 Å². The Hall–Kier alpha value is -4.47. The van der Waals surface area contributed by atoms with E-state index >= 15 is 0 Å². The van der Waals surface area contributed by atoms with Gasteiger partial charge in [-0.1, -0.05) is 60.7 Å². The zero-order chi connectivity index (χ0) is 26.8. The molecule has 2 N–H and O–H groups in total. The number of amides is 1. The number of rotatable bonds is 12. The number of nitrogens with one attached hydrogen (secondary N) is 2. The fraction of sp³-hybridized carbons (Fsp3) is 0.103. The Morgan fingerprint density at radius 1 is 0.684 bits per heavy atom. The molecular formula is C29H26N2O6S. The third-order valence-corrected chi connectivity index (χ3v) is 6.80. The molecule has 0 aliphatic rings. The van der Waals surface area contributed by atoms with Crippen LogP contribution in [0, 0.1) is 0 Å². The van der Waals surface area contributed by atoms with Crippen molar-refractivity contribution >= 4 is 21.7 Å². The number of hydrogen-bond donors (Lipinski definition) is 2. The summed E-state index contributed by atoms with van der Waals surface area (Å²) in [5.74, 6) is 0.468. The highest BCUT2D eigenvalue weighted by atomic mass is 32.2. The van der Waals surface area contributed by atoms with Crippen molar-refractivity contribution < 1.29 is 27.5 Å². The van der Waals surface area contributed by atoms with E-state index in [2.05, 4.69) is 10.0 Å². The molecule has 9 heteroatoms. The molecule has 0 aliphatic heterocycles. The van der Waals surface area contributed by atoms with Crippen LogP contribution in [0.4, 0.5) is 0 Å². The number of benzene rings is 4. The summed E-state index contributed by atoms with van der Waals surface area (Å²) >= 11 is 0. The van der Waals surface area contributed by atoms with Gasteiger partial charge in [0.15, 0.2) is 5.78 Å². The van der Waals surface area contributed by atoms with Gasteiger partial charge in [0.1, 0.15) is 23.9 Å². The SMILES string of the molecule is O=C(CNC(=O)c1ccccc1OCc1ccccc1)CNS(=O)(=O)c1ccc(Oc2ccccc2)cc1. The second-order valence-corrected chi connectivity index (χ2v) is 9.97. The average Bonchev–Trinajstić information content (AvgIpc) is 2.95. The first-order chi connectivity index (χ1) is 18.4. The molecule has 4 aromatic rings. The first-order valence-electron chi connectivity index (χ1n) is 11.8. The summed E-state index contributed by atoms with van der Waals surface area (Å²) in [6.45, 7) is -0.541. The van der Waals surface area contributed by atoms with Gasteiger partial charge < -0.3 is 14.8 Å². The van der Waals surface area contributed by atoms with Crippen LogP contribution in [0.5, 0.6) is 17.2 Å². The van der Waals surface area contributed by atoms with E-state index < -0.39 is 28.3 Å². The lowest BCUT2D eigenvalue weighted by Gasteiger charge is -2.12. The Balaban J connectivity index is 1.27. The number of Topliss-reactive ketones (excluding diaryl/α,β-unsaturated/α-hetero) is 1. The summed E-state index contributed by atoms with van der Waals surface area (Å²) in [7, 11) is -3.94. The first-order valence-corrected chi connectivity index (χ1v) is 13.3. The zero-order valence-electron chi connectivity index (χ0n) is 20.4. The summed E-state index contributed by atoms with van der Waals surface area (Å²) in [5, 5.41) is 2.52. The third kappa shape index (κ3) is 7.52. The van der Waals surface area contributed by atoms with Gasteiger partial charge in [-0.05, 0) is 54.1 Å². The van der Waals surface area contributed by atoms with Crippen molar-refractivity contribution in [2.75, 3.05) is 13.1 Å². The molecule has 0 saturated carbocycles. The number of carbonyl (C=O) groups is 2. The summed E-state index contributed by atoms with van der Waals surface area (Å²) in [6.07, 6.45) is 0.